The third kappa shape index (κ3) is 3.63. The van der Waals surface area contributed by atoms with Crippen LogP contribution < -0.4 is 0 Å². The van der Waals surface area contributed by atoms with Gasteiger partial charge in [0, 0.05) is 31.9 Å². The number of carbonyl (C=O) groups is 2. The molecule has 2 amide bonds. The quantitative estimate of drug-likeness (QED) is 0.849. The summed E-state index contributed by atoms with van der Waals surface area (Å²) in [5.74, 6) is -0.387. The summed E-state index contributed by atoms with van der Waals surface area (Å²) in [6.07, 6.45) is 1.81. The van der Waals surface area contributed by atoms with E-state index in [0.717, 1.165) is 32.5 Å². The number of rotatable bonds is 4. The average molecular weight is 315 g/mol. The van der Waals surface area contributed by atoms with E-state index in [4.69, 9.17) is 0 Å². The zero-order valence-corrected chi connectivity index (χ0v) is 13.6. The number of nitrogens with zero attached hydrogens (tertiary/aromatic N) is 3. The Kier molecular flexibility index (Phi) is 5.75. The Balaban J connectivity index is 2.05. The van der Waals surface area contributed by atoms with Crippen LogP contribution in [0.2, 0.25) is 0 Å². The molecule has 2 atom stereocenters. The summed E-state index contributed by atoms with van der Waals surface area (Å²) in [6.45, 7) is 8.32. The normalized spacial score (nSPS) is 27.1. The van der Waals surface area contributed by atoms with Crippen LogP contribution in [0, 0.1) is 0 Å². The summed E-state index contributed by atoms with van der Waals surface area (Å²) in [5, 5.41) is 9.37. The van der Waals surface area contributed by atoms with Crippen molar-refractivity contribution in [2.75, 3.05) is 38.5 Å². The Morgan fingerprint density at radius 2 is 1.86 bits per heavy atom. The molecule has 2 aliphatic rings. The molecule has 0 aromatic rings. The fraction of sp³-hybridized carbons (Fsp3) is 0.857. The lowest BCUT2D eigenvalue weighted by molar-refractivity contribution is -0.141. The van der Waals surface area contributed by atoms with Crippen LogP contribution in [0.5, 0.6) is 0 Å². The van der Waals surface area contributed by atoms with Gasteiger partial charge in [-0.15, -0.1) is 11.8 Å². The average Bonchev–Trinajstić information content (AvgIpc) is 2.91. The van der Waals surface area contributed by atoms with Crippen molar-refractivity contribution in [3.63, 3.8) is 0 Å². The van der Waals surface area contributed by atoms with E-state index in [1.165, 1.54) is 0 Å². The van der Waals surface area contributed by atoms with Gasteiger partial charge < -0.3 is 14.9 Å². The summed E-state index contributed by atoms with van der Waals surface area (Å²) in [4.78, 5) is 29.9. The number of aliphatic carboxylic acids is 1. The number of carbonyl (C=O) groups excluding carboxylic acids is 1. The fourth-order valence-corrected chi connectivity index (χ4v) is 4.41. The maximum Gasteiger partial charge on any atom is 0.327 e. The third-order valence-corrected chi connectivity index (χ3v) is 5.58. The van der Waals surface area contributed by atoms with Crippen molar-refractivity contribution in [1.29, 1.82) is 0 Å². The van der Waals surface area contributed by atoms with Gasteiger partial charge in [0.15, 0.2) is 0 Å². The van der Waals surface area contributed by atoms with Crippen LogP contribution in [0.25, 0.3) is 0 Å². The van der Waals surface area contributed by atoms with E-state index in [-0.39, 0.29) is 11.4 Å². The van der Waals surface area contributed by atoms with Crippen LogP contribution in [0.1, 0.15) is 26.7 Å². The largest absolute Gasteiger partial charge is 0.480 e. The summed E-state index contributed by atoms with van der Waals surface area (Å²) >= 11 is 1.60. The van der Waals surface area contributed by atoms with Gasteiger partial charge in [0.1, 0.15) is 6.04 Å². The predicted octanol–water partition coefficient (Wildman–Crippen LogP) is 1.37. The zero-order valence-electron chi connectivity index (χ0n) is 12.8. The Bertz CT molecular complexity index is 386. The lowest BCUT2D eigenvalue weighted by atomic mass is 10.2. The van der Waals surface area contributed by atoms with Crippen LogP contribution in [0.15, 0.2) is 0 Å². The van der Waals surface area contributed by atoms with Gasteiger partial charge in [-0.05, 0) is 13.0 Å². The second-order valence-corrected chi connectivity index (χ2v) is 6.75. The smallest absolute Gasteiger partial charge is 0.327 e. The van der Waals surface area contributed by atoms with Crippen molar-refractivity contribution in [1.82, 2.24) is 14.7 Å². The van der Waals surface area contributed by atoms with Gasteiger partial charge in [0.25, 0.3) is 0 Å². The van der Waals surface area contributed by atoms with E-state index in [9.17, 15) is 14.7 Å². The van der Waals surface area contributed by atoms with Crippen LogP contribution in [0.3, 0.4) is 0 Å². The molecule has 2 fully saturated rings. The molecule has 120 valence electrons. The van der Waals surface area contributed by atoms with Gasteiger partial charge in [0.05, 0.1) is 5.37 Å². The minimum atomic E-state index is -0.887. The molecule has 2 saturated heterocycles. The van der Waals surface area contributed by atoms with E-state index in [0.29, 0.717) is 18.8 Å². The lowest BCUT2D eigenvalue weighted by Crippen LogP contribution is -2.56. The first-order valence-electron chi connectivity index (χ1n) is 7.72. The highest BCUT2D eigenvalue weighted by molar-refractivity contribution is 8.00. The van der Waals surface area contributed by atoms with Crippen LogP contribution in [-0.2, 0) is 4.79 Å². The van der Waals surface area contributed by atoms with Gasteiger partial charge in [-0.3, -0.25) is 4.90 Å². The molecule has 0 radical (unpaired) electrons. The first-order chi connectivity index (χ1) is 10.1. The van der Waals surface area contributed by atoms with Crippen molar-refractivity contribution in [2.45, 2.75) is 38.1 Å². The van der Waals surface area contributed by atoms with E-state index in [2.05, 4.69) is 18.7 Å². The van der Waals surface area contributed by atoms with E-state index < -0.39 is 12.0 Å². The molecule has 0 aromatic carbocycles. The van der Waals surface area contributed by atoms with Crippen molar-refractivity contribution in [2.24, 2.45) is 0 Å². The maximum absolute atomic E-state index is 12.8. The molecule has 7 heteroatoms. The number of hydrogen-bond donors (Lipinski definition) is 1. The summed E-state index contributed by atoms with van der Waals surface area (Å²) in [5.41, 5.74) is 0. The van der Waals surface area contributed by atoms with Crippen molar-refractivity contribution < 1.29 is 14.7 Å². The third-order valence-electron chi connectivity index (χ3n) is 4.22. The van der Waals surface area contributed by atoms with E-state index in [1.54, 1.807) is 16.7 Å². The highest BCUT2D eigenvalue weighted by Gasteiger charge is 2.43. The summed E-state index contributed by atoms with van der Waals surface area (Å²) < 4.78 is 0. The molecule has 21 heavy (non-hydrogen) atoms. The number of carboxylic acids is 1. The van der Waals surface area contributed by atoms with Crippen LogP contribution in [0.4, 0.5) is 4.79 Å². The molecule has 0 saturated carbocycles. The van der Waals surface area contributed by atoms with E-state index in [1.807, 2.05) is 4.90 Å². The Hall–Kier alpha value is -0.950. The molecule has 2 unspecified atom stereocenters. The molecule has 0 aliphatic carbocycles. The van der Waals surface area contributed by atoms with Gasteiger partial charge in [-0.1, -0.05) is 20.3 Å². The molecule has 1 N–H and O–H groups in total. The number of piperazine rings is 1. The predicted molar refractivity (Wildman–Crippen MR) is 83.5 cm³/mol. The summed E-state index contributed by atoms with van der Waals surface area (Å²) in [7, 11) is 0. The molecular weight excluding hydrogens is 290 g/mol. The minimum absolute atomic E-state index is 0.00723. The van der Waals surface area contributed by atoms with Crippen molar-refractivity contribution in [3.05, 3.63) is 0 Å². The fourth-order valence-electron chi connectivity index (χ4n) is 2.90. The monoisotopic (exact) mass is 315 g/mol. The Labute approximate surface area is 130 Å². The van der Waals surface area contributed by atoms with E-state index >= 15 is 0 Å². The Morgan fingerprint density at radius 1 is 1.19 bits per heavy atom. The number of urea groups is 1. The Morgan fingerprint density at radius 3 is 2.38 bits per heavy atom. The second kappa shape index (κ2) is 7.35. The number of carboxylic acid groups (broad SMARTS) is 1. The van der Waals surface area contributed by atoms with Crippen molar-refractivity contribution in [3.8, 4) is 0 Å². The maximum atomic E-state index is 12.8. The molecule has 2 aliphatic heterocycles. The first kappa shape index (κ1) is 16.4. The number of hydrogen-bond acceptors (Lipinski definition) is 4. The zero-order chi connectivity index (χ0) is 15.4. The first-order valence-corrected chi connectivity index (χ1v) is 8.77. The number of likely N-dealkylation sites (N-methyl/N-ethyl adjacent to an activating group) is 1. The SMILES string of the molecule is CCCC1SCC(C(=O)O)N1C(=O)N1CCN(CC)CC1. The highest BCUT2D eigenvalue weighted by atomic mass is 32.2. The van der Waals surface area contributed by atoms with Crippen LogP contribution in [-0.4, -0.2) is 81.7 Å². The van der Waals surface area contributed by atoms with Crippen LogP contribution >= 0.6 is 11.8 Å². The molecular formula is C14H25N3O3S. The molecule has 0 aromatic heterocycles. The van der Waals surface area contributed by atoms with Gasteiger partial charge in [-0.25, -0.2) is 9.59 Å². The summed E-state index contributed by atoms with van der Waals surface area (Å²) in [6, 6.07) is -0.773. The van der Waals surface area contributed by atoms with Gasteiger partial charge in [-0.2, -0.15) is 0 Å². The minimum Gasteiger partial charge on any atom is -0.480 e. The molecule has 2 heterocycles. The number of thioether (sulfide) groups is 1. The highest BCUT2D eigenvalue weighted by Crippen LogP contribution is 2.33. The second-order valence-electron chi connectivity index (χ2n) is 5.54. The van der Waals surface area contributed by atoms with Gasteiger partial charge >= 0.3 is 12.0 Å². The standard InChI is InChI=1S/C14H25N3O3S/c1-3-5-12-17(11(10-21-12)13(18)19)14(20)16-8-6-15(4-2)7-9-16/h11-12H,3-10H2,1-2H3,(H,18,19). The van der Waals surface area contributed by atoms with Crippen molar-refractivity contribution >= 4 is 23.8 Å². The molecule has 6 nitrogen and oxygen atoms in total. The van der Waals surface area contributed by atoms with Gasteiger partial charge in [0.2, 0.25) is 0 Å². The molecule has 0 spiro atoms. The number of amides is 2. The topological polar surface area (TPSA) is 64.1 Å². The molecule has 0 bridgehead atoms. The lowest BCUT2D eigenvalue weighted by Gasteiger charge is -2.38. The molecule has 2 rings (SSSR count).